The maximum atomic E-state index is 12.0. The summed E-state index contributed by atoms with van der Waals surface area (Å²) in [5.74, 6) is -0.108. The zero-order valence-corrected chi connectivity index (χ0v) is 38.2. The van der Waals surface area contributed by atoms with Crippen LogP contribution in [0.1, 0.15) is 147 Å². The average Bonchev–Trinajstić information content (AvgIpc) is 3.37. The SMILES string of the molecule is C.C.C.C.C.C(=C\c1ccccc1)/c1ccccc1.CC.CC.CC.CC.CC.CC.O=C(/C=C/c1ccccc1)c1ccccc1.O=c1c(O)c(-c2ccccc2)oc2ccccc12. The van der Waals surface area contributed by atoms with Crippen molar-refractivity contribution in [3.63, 3.8) is 0 Å². The molecule has 1 heterocycles. The summed E-state index contributed by atoms with van der Waals surface area (Å²) in [5, 5.41) is 10.3. The van der Waals surface area contributed by atoms with Crippen molar-refractivity contribution < 1.29 is 14.3 Å². The number of rotatable bonds is 6. The summed E-state index contributed by atoms with van der Waals surface area (Å²) in [7, 11) is 0. The van der Waals surface area contributed by atoms with E-state index in [1.54, 1.807) is 42.5 Å². The summed E-state index contributed by atoms with van der Waals surface area (Å²) in [6.45, 7) is 24.0. The molecule has 0 aliphatic rings. The topological polar surface area (TPSA) is 67.5 Å². The molecule has 1 aromatic heterocycles. The van der Waals surface area contributed by atoms with Gasteiger partial charge in [-0.2, -0.15) is 0 Å². The number of para-hydroxylation sites is 1. The van der Waals surface area contributed by atoms with Gasteiger partial charge in [0, 0.05) is 11.1 Å². The van der Waals surface area contributed by atoms with Gasteiger partial charge in [0.15, 0.2) is 11.5 Å². The van der Waals surface area contributed by atoms with Crippen molar-refractivity contribution in [3.05, 3.63) is 214 Å². The van der Waals surface area contributed by atoms with Crippen molar-refractivity contribution in [1.82, 2.24) is 0 Å². The zero-order valence-electron chi connectivity index (χ0n) is 38.2. The van der Waals surface area contributed by atoms with E-state index < -0.39 is 5.43 Å². The van der Waals surface area contributed by atoms with E-state index in [-0.39, 0.29) is 54.4 Å². The first-order valence-corrected chi connectivity index (χ1v) is 21.5. The van der Waals surface area contributed by atoms with Crippen LogP contribution in [0.5, 0.6) is 5.75 Å². The highest BCUT2D eigenvalue weighted by atomic mass is 16.4. The van der Waals surface area contributed by atoms with E-state index >= 15 is 0 Å². The molecule has 0 bridgehead atoms. The molecule has 358 valence electrons. The van der Waals surface area contributed by atoms with Crippen LogP contribution in [0.2, 0.25) is 0 Å². The van der Waals surface area contributed by atoms with Crippen LogP contribution in [0.3, 0.4) is 0 Å². The molecule has 7 aromatic rings. The molecule has 4 heteroatoms. The molecule has 65 heavy (non-hydrogen) atoms. The Bertz CT molecular complexity index is 2100. The Hall–Kier alpha value is -6.52. The van der Waals surface area contributed by atoms with E-state index in [1.165, 1.54) is 11.1 Å². The minimum Gasteiger partial charge on any atom is -0.502 e. The van der Waals surface area contributed by atoms with Gasteiger partial charge in [-0.25, -0.2) is 0 Å². The summed E-state index contributed by atoms with van der Waals surface area (Å²) < 4.78 is 5.61. The van der Waals surface area contributed by atoms with E-state index in [2.05, 4.69) is 36.4 Å². The quantitative estimate of drug-likeness (QED) is 0.103. The van der Waals surface area contributed by atoms with Gasteiger partial charge in [-0.15, -0.1) is 0 Å². The summed E-state index contributed by atoms with van der Waals surface area (Å²) in [4.78, 5) is 23.7. The van der Waals surface area contributed by atoms with E-state index in [9.17, 15) is 14.7 Å². The number of aromatic hydroxyl groups is 1. The Morgan fingerprint density at radius 2 is 0.723 bits per heavy atom. The average molecular weight is 887 g/mol. The maximum absolute atomic E-state index is 12.0. The molecular weight excluding hydrogens is 797 g/mol. The first-order valence-electron chi connectivity index (χ1n) is 21.5. The van der Waals surface area contributed by atoms with Gasteiger partial charge in [0.25, 0.3) is 0 Å². The van der Waals surface area contributed by atoms with Gasteiger partial charge in [-0.05, 0) is 34.9 Å². The van der Waals surface area contributed by atoms with Crippen LogP contribution in [0.25, 0.3) is 40.5 Å². The second kappa shape index (κ2) is 50.1. The second-order valence-electron chi connectivity index (χ2n) is 10.6. The number of carbonyl (C=O) groups is 1. The van der Waals surface area contributed by atoms with Crippen LogP contribution in [-0.2, 0) is 0 Å². The zero-order chi connectivity index (χ0) is 45.4. The highest BCUT2D eigenvalue weighted by Crippen LogP contribution is 2.29. The van der Waals surface area contributed by atoms with Gasteiger partial charge in [0.05, 0.1) is 5.39 Å². The summed E-state index contributed by atoms with van der Waals surface area (Å²) >= 11 is 0. The van der Waals surface area contributed by atoms with Crippen molar-refractivity contribution in [3.8, 4) is 17.1 Å². The van der Waals surface area contributed by atoms with Crippen LogP contribution in [0.15, 0.2) is 191 Å². The lowest BCUT2D eigenvalue weighted by Gasteiger charge is -2.05. The van der Waals surface area contributed by atoms with Gasteiger partial charge in [0.1, 0.15) is 5.58 Å². The molecule has 0 unspecified atom stereocenters. The van der Waals surface area contributed by atoms with Crippen LogP contribution < -0.4 is 5.43 Å². The largest absolute Gasteiger partial charge is 0.502 e. The lowest BCUT2D eigenvalue weighted by molar-refractivity contribution is 0.104. The Kier molecular flexibility index (Phi) is 56.2. The molecule has 7 rings (SSSR count). The highest BCUT2D eigenvalue weighted by Gasteiger charge is 2.14. The fraction of sp³-hybridized carbons (Fsp3) is 0.279. The second-order valence-corrected chi connectivity index (χ2v) is 10.6. The third-order valence-electron chi connectivity index (χ3n) is 7.16. The normalized spacial score (nSPS) is 8.37. The number of carbonyl (C=O) groups excluding carboxylic acids is 1. The maximum Gasteiger partial charge on any atom is 0.235 e. The molecule has 0 atom stereocenters. The number of hydrogen-bond donors (Lipinski definition) is 1. The summed E-state index contributed by atoms with van der Waals surface area (Å²) in [6, 6.07) is 55.6. The van der Waals surface area contributed by atoms with Gasteiger partial charge in [0.2, 0.25) is 11.2 Å². The highest BCUT2D eigenvalue weighted by molar-refractivity contribution is 6.06. The first-order chi connectivity index (χ1) is 29.6. The van der Waals surface area contributed by atoms with Crippen LogP contribution in [0.4, 0.5) is 0 Å². The fourth-order valence-corrected chi connectivity index (χ4v) is 4.67. The Balaban J connectivity index is -0.000000135. The monoisotopic (exact) mass is 887 g/mol. The third-order valence-corrected chi connectivity index (χ3v) is 7.16. The molecule has 0 aliphatic carbocycles. The molecule has 6 aromatic carbocycles. The first kappa shape index (κ1) is 72.9. The van der Waals surface area contributed by atoms with Crippen molar-refractivity contribution >= 4 is 35.0 Å². The molecule has 0 amide bonds. The number of ketones is 1. The number of hydrogen-bond acceptors (Lipinski definition) is 4. The number of benzene rings is 6. The molecule has 0 radical (unpaired) electrons. The molecular formula is C61H90O4. The molecule has 0 spiro atoms. The van der Waals surface area contributed by atoms with Gasteiger partial charge >= 0.3 is 0 Å². The van der Waals surface area contributed by atoms with Crippen molar-refractivity contribution in [2.24, 2.45) is 0 Å². The van der Waals surface area contributed by atoms with Gasteiger partial charge in [-0.1, -0.05) is 302 Å². The lowest BCUT2D eigenvalue weighted by atomic mass is 10.1. The molecule has 0 fully saturated rings. The number of allylic oxidation sites excluding steroid dienone is 1. The molecule has 0 saturated heterocycles. The van der Waals surface area contributed by atoms with Gasteiger partial charge < -0.3 is 9.52 Å². The number of fused-ring (bicyclic) bond motifs is 1. The van der Waals surface area contributed by atoms with E-state index in [0.29, 0.717) is 16.5 Å². The van der Waals surface area contributed by atoms with E-state index in [4.69, 9.17) is 4.42 Å². The Morgan fingerprint density at radius 1 is 0.415 bits per heavy atom. The van der Waals surface area contributed by atoms with Crippen molar-refractivity contribution in [1.29, 1.82) is 0 Å². The summed E-state index contributed by atoms with van der Waals surface area (Å²) in [5.41, 5.74) is 4.96. The van der Waals surface area contributed by atoms with E-state index in [1.807, 2.05) is 204 Å². The lowest BCUT2D eigenvalue weighted by Crippen LogP contribution is -2.02. The molecule has 0 saturated carbocycles. The van der Waals surface area contributed by atoms with Crippen LogP contribution >= 0.6 is 0 Å². The van der Waals surface area contributed by atoms with Crippen molar-refractivity contribution in [2.45, 2.75) is 120 Å². The van der Waals surface area contributed by atoms with Crippen LogP contribution in [-0.4, -0.2) is 10.9 Å². The van der Waals surface area contributed by atoms with Crippen LogP contribution in [0, 0.1) is 0 Å². The predicted octanol–water partition coefficient (Wildman–Crippen LogP) is 19.9. The standard InChI is InChI=1S/C15H10O3.C15H12O.C14H12.6C2H6.5CH4/c16-13-11-8-4-5-9-12(11)18-15(14(13)17)10-6-2-1-3-7-10;16-15(14-9-5-2-6-10-14)12-11-13-7-3-1-4-8-13;1-3-7-13(8-4-1)11-12-14-9-5-2-6-10-14;6*1-2;;;;;/h1-9,17H;1-12H;1-12H;6*1-2H3;5*1H4/b;2*12-11+;;;;;;;;;;;. The van der Waals surface area contributed by atoms with Crippen molar-refractivity contribution in [2.75, 3.05) is 0 Å². The predicted molar refractivity (Wildman–Crippen MR) is 299 cm³/mol. The Morgan fingerprint density at radius 3 is 1.11 bits per heavy atom. The Labute approximate surface area is 399 Å². The minimum atomic E-state index is -0.407. The fourth-order valence-electron chi connectivity index (χ4n) is 4.67. The summed E-state index contributed by atoms with van der Waals surface area (Å²) in [6.07, 6.45) is 7.67. The molecule has 1 N–H and O–H groups in total. The smallest absolute Gasteiger partial charge is 0.235 e. The minimum absolute atomic E-state index is 0. The molecule has 0 aliphatic heterocycles. The molecule has 4 nitrogen and oxygen atoms in total. The van der Waals surface area contributed by atoms with Gasteiger partial charge in [-0.3, -0.25) is 9.59 Å². The van der Waals surface area contributed by atoms with E-state index in [0.717, 1.165) is 11.1 Å². The third kappa shape index (κ3) is 28.7.